The van der Waals surface area contributed by atoms with Crippen molar-refractivity contribution in [2.75, 3.05) is 24.3 Å². The van der Waals surface area contributed by atoms with E-state index < -0.39 is 4.92 Å². The van der Waals surface area contributed by atoms with Crippen molar-refractivity contribution < 1.29 is 9.72 Å². The zero-order valence-electron chi connectivity index (χ0n) is 20.1. The molecular formula is C26H31N5O3. The number of rotatable bonds is 6. The summed E-state index contributed by atoms with van der Waals surface area (Å²) >= 11 is 0. The lowest BCUT2D eigenvalue weighted by Crippen LogP contribution is -2.40. The van der Waals surface area contributed by atoms with Crippen LogP contribution in [0.2, 0.25) is 0 Å². The number of para-hydroxylation sites is 1. The third-order valence-corrected chi connectivity index (χ3v) is 6.53. The topological polar surface area (TPSA) is 100 Å². The van der Waals surface area contributed by atoms with Crippen molar-refractivity contribution >= 4 is 34.0 Å². The minimum absolute atomic E-state index is 0.0721. The number of nitrogens with one attached hydrogen (secondary N) is 2. The Labute approximate surface area is 199 Å². The lowest BCUT2D eigenvalue weighted by molar-refractivity contribution is -0.386. The highest BCUT2D eigenvalue weighted by Gasteiger charge is 2.25. The van der Waals surface area contributed by atoms with Crippen LogP contribution < -0.4 is 15.5 Å². The molecule has 2 N–H and O–H groups in total. The highest BCUT2D eigenvalue weighted by Crippen LogP contribution is 2.30. The van der Waals surface area contributed by atoms with Crippen LogP contribution >= 0.6 is 0 Å². The van der Waals surface area contributed by atoms with Crippen molar-refractivity contribution in [3.05, 3.63) is 69.3 Å². The number of nitro groups is 1. The summed E-state index contributed by atoms with van der Waals surface area (Å²) in [6, 6.07) is 13.8. The number of amides is 1. The van der Waals surface area contributed by atoms with Crippen LogP contribution in [0.4, 0.5) is 17.2 Å². The highest BCUT2D eigenvalue weighted by atomic mass is 16.6. The molecule has 0 radical (unpaired) electrons. The van der Waals surface area contributed by atoms with E-state index in [1.807, 2.05) is 32.3 Å². The molecule has 1 aliphatic rings. The van der Waals surface area contributed by atoms with E-state index in [0.29, 0.717) is 22.7 Å². The molecule has 1 saturated carbocycles. The van der Waals surface area contributed by atoms with E-state index in [2.05, 4.69) is 27.7 Å². The smallest absolute Gasteiger partial charge is 0.275 e. The van der Waals surface area contributed by atoms with Crippen LogP contribution in [0, 0.1) is 24.0 Å². The molecule has 1 amide bonds. The van der Waals surface area contributed by atoms with Gasteiger partial charge in [-0.3, -0.25) is 14.9 Å². The van der Waals surface area contributed by atoms with Gasteiger partial charge in [0.2, 0.25) is 0 Å². The van der Waals surface area contributed by atoms with Crippen molar-refractivity contribution in [3.8, 4) is 0 Å². The molecule has 8 nitrogen and oxygen atoms in total. The van der Waals surface area contributed by atoms with Gasteiger partial charge in [-0.2, -0.15) is 0 Å². The number of anilines is 2. The fourth-order valence-corrected chi connectivity index (χ4v) is 4.84. The average Bonchev–Trinajstić information content (AvgIpc) is 2.79. The van der Waals surface area contributed by atoms with Crippen molar-refractivity contribution in [3.63, 3.8) is 0 Å². The van der Waals surface area contributed by atoms with Gasteiger partial charge in [0.25, 0.3) is 11.6 Å². The van der Waals surface area contributed by atoms with E-state index in [4.69, 9.17) is 4.98 Å². The second-order valence-electron chi connectivity index (χ2n) is 9.32. The first-order valence-electron chi connectivity index (χ1n) is 11.6. The van der Waals surface area contributed by atoms with Crippen molar-refractivity contribution in [1.29, 1.82) is 0 Å². The number of pyridine rings is 1. The summed E-state index contributed by atoms with van der Waals surface area (Å²) < 4.78 is 0. The van der Waals surface area contributed by atoms with Gasteiger partial charge in [-0.15, -0.1) is 0 Å². The second-order valence-corrected chi connectivity index (χ2v) is 9.32. The molecule has 178 valence electrons. The van der Waals surface area contributed by atoms with Gasteiger partial charge in [0.15, 0.2) is 0 Å². The van der Waals surface area contributed by atoms with Crippen molar-refractivity contribution in [2.24, 2.45) is 0 Å². The molecule has 8 heteroatoms. The monoisotopic (exact) mass is 461 g/mol. The first-order chi connectivity index (χ1) is 16.2. The Hall–Kier alpha value is -3.68. The number of nitrogens with zero attached hydrogens (tertiary/aromatic N) is 3. The Balaban J connectivity index is 1.38. The number of hydrogen-bond donors (Lipinski definition) is 2. The quantitative estimate of drug-likeness (QED) is 0.397. The molecule has 2 aromatic carbocycles. The van der Waals surface area contributed by atoms with Crippen LogP contribution in [0.5, 0.6) is 0 Å². The molecule has 1 fully saturated rings. The lowest BCUT2D eigenvalue weighted by Gasteiger charge is -2.30. The summed E-state index contributed by atoms with van der Waals surface area (Å²) in [7, 11) is 4.07. The zero-order chi connectivity index (χ0) is 24.4. The minimum atomic E-state index is -0.396. The maximum absolute atomic E-state index is 12.8. The number of aromatic nitrogens is 1. The Morgan fingerprint density at radius 3 is 2.26 bits per heavy atom. The van der Waals surface area contributed by atoms with E-state index in [-0.39, 0.29) is 17.6 Å². The summed E-state index contributed by atoms with van der Waals surface area (Å²) in [6.45, 7) is 3.34. The van der Waals surface area contributed by atoms with E-state index >= 15 is 0 Å². The SMILES string of the molecule is Cc1cc(C(=O)N[C@H]2CC[C@@H](Nc3cc(N(C)C)c4ccccc4n3)CC2)cc(C)c1[N+](=O)[O-]. The average molecular weight is 462 g/mol. The van der Waals surface area contributed by atoms with Gasteiger partial charge >= 0.3 is 0 Å². The molecule has 4 rings (SSSR count). The molecule has 0 saturated heterocycles. The first-order valence-corrected chi connectivity index (χ1v) is 11.6. The zero-order valence-corrected chi connectivity index (χ0v) is 20.1. The summed E-state index contributed by atoms with van der Waals surface area (Å²) in [4.78, 5) is 30.5. The number of benzene rings is 2. The molecule has 1 aromatic heterocycles. The second kappa shape index (κ2) is 9.67. The molecular weight excluding hydrogens is 430 g/mol. The van der Waals surface area contributed by atoms with E-state index in [1.54, 1.807) is 26.0 Å². The third kappa shape index (κ3) is 4.95. The summed E-state index contributed by atoms with van der Waals surface area (Å²) in [5.41, 5.74) is 3.64. The fourth-order valence-electron chi connectivity index (χ4n) is 4.84. The first kappa shape index (κ1) is 23.5. The van der Waals surface area contributed by atoms with Crippen LogP contribution in [-0.2, 0) is 0 Å². The van der Waals surface area contributed by atoms with Crippen LogP contribution in [0.1, 0.15) is 47.2 Å². The Kier molecular flexibility index (Phi) is 6.68. The lowest BCUT2D eigenvalue weighted by atomic mass is 9.90. The largest absolute Gasteiger partial charge is 0.377 e. The van der Waals surface area contributed by atoms with Gasteiger partial charge in [-0.05, 0) is 57.7 Å². The van der Waals surface area contributed by atoms with Gasteiger partial charge < -0.3 is 15.5 Å². The number of carbonyl (C=O) groups is 1. The number of nitro benzene ring substituents is 1. The van der Waals surface area contributed by atoms with Crippen LogP contribution in [0.3, 0.4) is 0 Å². The maximum atomic E-state index is 12.8. The Morgan fingerprint density at radius 2 is 1.65 bits per heavy atom. The number of fused-ring (bicyclic) bond motifs is 1. The number of hydrogen-bond acceptors (Lipinski definition) is 6. The normalized spacial score (nSPS) is 17.9. The molecule has 34 heavy (non-hydrogen) atoms. The van der Waals surface area contributed by atoms with Gasteiger partial charge in [0, 0.05) is 60.0 Å². The molecule has 0 atom stereocenters. The molecule has 0 unspecified atom stereocenters. The minimum Gasteiger partial charge on any atom is -0.377 e. The van der Waals surface area contributed by atoms with E-state index in [0.717, 1.165) is 48.1 Å². The molecule has 3 aromatic rings. The number of aryl methyl sites for hydroxylation is 2. The summed E-state index contributed by atoms with van der Waals surface area (Å²) in [5, 5.41) is 19.0. The fraction of sp³-hybridized carbons (Fsp3) is 0.385. The molecule has 0 bridgehead atoms. The molecule has 0 aliphatic heterocycles. The predicted octanol–water partition coefficient (Wildman–Crippen LogP) is 4.98. The molecule has 1 aliphatic carbocycles. The van der Waals surface area contributed by atoms with E-state index in [9.17, 15) is 14.9 Å². The standard InChI is InChI=1S/C26H31N5O3/c1-16-13-18(14-17(2)25(16)31(33)34)26(32)28-20-11-9-19(10-12-20)27-24-15-23(30(3)4)21-7-5-6-8-22(21)29-24/h5-8,13-15,19-20H,9-12H2,1-4H3,(H,27,29)(H,28,32)/t19-,20+. The third-order valence-electron chi connectivity index (χ3n) is 6.53. The van der Waals surface area contributed by atoms with Gasteiger partial charge in [0.1, 0.15) is 5.82 Å². The Bertz CT molecular complexity index is 1210. The van der Waals surface area contributed by atoms with Crippen molar-refractivity contribution in [2.45, 2.75) is 51.6 Å². The predicted molar refractivity (Wildman–Crippen MR) is 136 cm³/mol. The number of carbonyl (C=O) groups excluding carboxylic acids is 1. The van der Waals surface area contributed by atoms with E-state index in [1.165, 1.54) is 0 Å². The van der Waals surface area contributed by atoms with Crippen LogP contribution in [-0.4, -0.2) is 42.0 Å². The molecule has 1 heterocycles. The maximum Gasteiger partial charge on any atom is 0.275 e. The van der Waals surface area contributed by atoms with Gasteiger partial charge in [-0.1, -0.05) is 18.2 Å². The Morgan fingerprint density at radius 1 is 1.03 bits per heavy atom. The summed E-state index contributed by atoms with van der Waals surface area (Å²) in [5.74, 6) is 0.691. The van der Waals surface area contributed by atoms with Gasteiger partial charge in [-0.25, -0.2) is 4.98 Å². The molecule has 0 spiro atoms. The van der Waals surface area contributed by atoms with Crippen LogP contribution in [0.15, 0.2) is 42.5 Å². The van der Waals surface area contributed by atoms with Crippen molar-refractivity contribution in [1.82, 2.24) is 10.3 Å². The van der Waals surface area contributed by atoms with Crippen LogP contribution in [0.25, 0.3) is 10.9 Å². The van der Waals surface area contributed by atoms with Gasteiger partial charge in [0.05, 0.1) is 10.4 Å². The highest BCUT2D eigenvalue weighted by molar-refractivity contribution is 5.95. The summed E-state index contributed by atoms with van der Waals surface area (Å²) in [6.07, 6.45) is 3.58.